The average molecular weight is 287 g/mol. The summed E-state index contributed by atoms with van der Waals surface area (Å²) in [6.07, 6.45) is 2.54. The Labute approximate surface area is 124 Å². The van der Waals surface area contributed by atoms with Crippen LogP contribution in [0.15, 0.2) is 30.5 Å². The molecule has 0 saturated carbocycles. The molecule has 0 aliphatic carbocycles. The average Bonchev–Trinajstić information content (AvgIpc) is 3.03. The zero-order chi connectivity index (χ0) is 14.8. The molecule has 0 radical (unpaired) electrons. The van der Waals surface area contributed by atoms with Crippen molar-refractivity contribution >= 4 is 16.8 Å². The largest absolute Gasteiger partial charge is 0.380 e. The van der Waals surface area contributed by atoms with Gasteiger partial charge in [0.05, 0.1) is 6.10 Å². The lowest BCUT2D eigenvalue weighted by atomic mass is 10.0. The molecule has 0 spiro atoms. The molecule has 21 heavy (non-hydrogen) atoms. The van der Waals surface area contributed by atoms with Crippen molar-refractivity contribution in [2.45, 2.75) is 19.1 Å². The highest BCUT2D eigenvalue weighted by molar-refractivity contribution is 5.83. The number of amides is 1. The fourth-order valence-corrected chi connectivity index (χ4v) is 3.28. The van der Waals surface area contributed by atoms with Crippen LogP contribution in [0.3, 0.4) is 0 Å². The molecule has 1 aliphatic rings. The van der Waals surface area contributed by atoms with Crippen LogP contribution in [-0.4, -0.2) is 42.1 Å². The number of ether oxygens (including phenoxy) is 1. The Bertz CT molecular complexity index is 637. The quantitative estimate of drug-likeness (QED) is 0.875. The molecule has 1 aliphatic heterocycles. The number of methoxy groups -OCH3 is 1. The van der Waals surface area contributed by atoms with Crippen LogP contribution >= 0.6 is 0 Å². The second kappa shape index (κ2) is 5.87. The minimum atomic E-state index is -0.254. The second-order valence-corrected chi connectivity index (χ2v) is 5.76. The van der Waals surface area contributed by atoms with Gasteiger partial charge in [0, 0.05) is 56.2 Å². The third kappa shape index (κ3) is 2.94. The third-order valence-electron chi connectivity index (χ3n) is 4.29. The van der Waals surface area contributed by atoms with E-state index in [0.29, 0.717) is 6.42 Å². The molecule has 2 heterocycles. The van der Waals surface area contributed by atoms with Gasteiger partial charge in [-0.05, 0) is 11.6 Å². The van der Waals surface area contributed by atoms with E-state index < -0.39 is 0 Å². The zero-order valence-electron chi connectivity index (χ0n) is 12.2. The van der Waals surface area contributed by atoms with Crippen LogP contribution in [-0.2, 0) is 16.1 Å². The second-order valence-electron chi connectivity index (χ2n) is 5.76. The molecule has 0 unspecified atom stereocenters. The van der Waals surface area contributed by atoms with Crippen molar-refractivity contribution in [3.8, 4) is 0 Å². The van der Waals surface area contributed by atoms with Crippen molar-refractivity contribution < 1.29 is 9.53 Å². The van der Waals surface area contributed by atoms with E-state index in [9.17, 15) is 4.79 Å². The van der Waals surface area contributed by atoms with Crippen LogP contribution in [0.5, 0.6) is 0 Å². The predicted octanol–water partition coefficient (Wildman–Crippen LogP) is 1.49. The van der Waals surface area contributed by atoms with Crippen LogP contribution in [0, 0.1) is 5.92 Å². The van der Waals surface area contributed by atoms with Gasteiger partial charge in [0.25, 0.3) is 0 Å². The number of hydrogen-bond acceptors (Lipinski definition) is 3. The SMILES string of the molecule is CO[C@H]1CN(Cc2c[nH]c3ccccc23)C[C@@H]1CC(N)=O. The van der Waals surface area contributed by atoms with Gasteiger partial charge in [0.15, 0.2) is 0 Å². The molecule has 1 fully saturated rings. The Hall–Kier alpha value is -1.85. The van der Waals surface area contributed by atoms with E-state index in [1.165, 1.54) is 10.9 Å². The molecule has 1 aromatic carbocycles. The number of benzene rings is 1. The first-order valence-electron chi connectivity index (χ1n) is 7.26. The van der Waals surface area contributed by atoms with Crippen LogP contribution in [0.25, 0.3) is 10.9 Å². The highest BCUT2D eigenvalue weighted by atomic mass is 16.5. The summed E-state index contributed by atoms with van der Waals surface area (Å²) in [7, 11) is 1.70. The number of likely N-dealkylation sites (tertiary alicyclic amines) is 1. The van der Waals surface area contributed by atoms with Crippen molar-refractivity contribution in [1.82, 2.24) is 9.88 Å². The topological polar surface area (TPSA) is 71.3 Å². The lowest BCUT2D eigenvalue weighted by Crippen LogP contribution is -2.26. The fraction of sp³-hybridized carbons (Fsp3) is 0.438. The number of nitrogens with one attached hydrogen (secondary N) is 1. The van der Waals surface area contributed by atoms with Crippen molar-refractivity contribution in [2.75, 3.05) is 20.2 Å². The summed E-state index contributed by atoms with van der Waals surface area (Å²) >= 11 is 0. The van der Waals surface area contributed by atoms with Gasteiger partial charge in [-0.25, -0.2) is 0 Å². The molecule has 2 atom stereocenters. The van der Waals surface area contributed by atoms with Gasteiger partial charge in [-0.1, -0.05) is 18.2 Å². The van der Waals surface area contributed by atoms with Gasteiger partial charge in [0.2, 0.25) is 5.91 Å². The Morgan fingerprint density at radius 1 is 1.43 bits per heavy atom. The Morgan fingerprint density at radius 3 is 3.00 bits per heavy atom. The first-order chi connectivity index (χ1) is 10.2. The first-order valence-corrected chi connectivity index (χ1v) is 7.26. The zero-order valence-corrected chi connectivity index (χ0v) is 12.2. The maximum Gasteiger partial charge on any atom is 0.217 e. The van der Waals surface area contributed by atoms with E-state index in [-0.39, 0.29) is 17.9 Å². The molecule has 3 N–H and O–H groups in total. The third-order valence-corrected chi connectivity index (χ3v) is 4.29. The summed E-state index contributed by atoms with van der Waals surface area (Å²) < 4.78 is 5.50. The van der Waals surface area contributed by atoms with Crippen molar-refractivity contribution in [1.29, 1.82) is 0 Å². The Balaban J connectivity index is 1.72. The summed E-state index contributed by atoms with van der Waals surface area (Å²) in [5.41, 5.74) is 7.76. The molecule has 1 amide bonds. The number of para-hydroxylation sites is 1. The van der Waals surface area contributed by atoms with Gasteiger partial charge >= 0.3 is 0 Å². The normalized spacial score (nSPS) is 22.9. The van der Waals surface area contributed by atoms with E-state index >= 15 is 0 Å². The van der Waals surface area contributed by atoms with Crippen molar-refractivity contribution in [3.05, 3.63) is 36.0 Å². The van der Waals surface area contributed by atoms with Gasteiger partial charge in [-0.15, -0.1) is 0 Å². The highest BCUT2D eigenvalue weighted by Gasteiger charge is 2.33. The molecule has 1 aromatic heterocycles. The molecule has 3 rings (SSSR count). The summed E-state index contributed by atoms with van der Waals surface area (Å²) in [4.78, 5) is 16.8. The van der Waals surface area contributed by atoms with Crippen LogP contribution in [0.4, 0.5) is 0 Å². The minimum Gasteiger partial charge on any atom is -0.380 e. The standard InChI is InChI=1S/C16H21N3O2/c1-21-15-10-19(8-11(15)6-16(17)20)9-12-7-18-14-5-3-2-4-13(12)14/h2-5,7,11,15,18H,6,8-10H2,1H3,(H2,17,20)/t11-,15-/m0/s1. The molecule has 0 bridgehead atoms. The van der Waals surface area contributed by atoms with Gasteiger partial charge in [-0.3, -0.25) is 9.69 Å². The number of aromatic amines is 1. The molecule has 112 valence electrons. The number of carbonyl (C=O) groups is 1. The van der Waals surface area contributed by atoms with E-state index in [1.807, 2.05) is 6.07 Å². The lowest BCUT2D eigenvalue weighted by Gasteiger charge is -2.14. The molecular weight excluding hydrogens is 266 g/mol. The molecule has 1 saturated heterocycles. The molecule has 5 nitrogen and oxygen atoms in total. The van der Waals surface area contributed by atoms with Crippen LogP contribution < -0.4 is 5.73 Å². The van der Waals surface area contributed by atoms with Crippen molar-refractivity contribution in [3.63, 3.8) is 0 Å². The molecule has 5 heteroatoms. The number of H-pyrrole nitrogens is 1. The number of carbonyl (C=O) groups excluding carboxylic acids is 1. The maximum absolute atomic E-state index is 11.2. The lowest BCUT2D eigenvalue weighted by molar-refractivity contribution is -0.119. The highest BCUT2D eigenvalue weighted by Crippen LogP contribution is 2.26. The number of aromatic nitrogens is 1. The fourth-order valence-electron chi connectivity index (χ4n) is 3.28. The van der Waals surface area contributed by atoms with E-state index in [4.69, 9.17) is 10.5 Å². The Morgan fingerprint density at radius 2 is 2.24 bits per heavy atom. The number of rotatable bonds is 5. The van der Waals surface area contributed by atoms with Gasteiger partial charge < -0.3 is 15.5 Å². The number of fused-ring (bicyclic) bond motifs is 1. The van der Waals surface area contributed by atoms with Crippen LogP contribution in [0.2, 0.25) is 0 Å². The number of nitrogens with zero attached hydrogens (tertiary/aromatic N) is 1. The number of hydrogen-bond donors (Lipinski definition) is 2. The first kappa shape index (κ1) is 14.1. The van der Waals surface area contributed by atoms with Gasteiger partial charge in [-0.2, -0.15) is 0 Å². The maximum atomic E-state index is 11.2. The smallest absolute Gasteiger partial charge is 0.217 e. The monoisotopic (exact) mass is 287 g/mol. The summed E-state index contributed by atoms with van der Waals surface area (Å²) in [6, 6.07) is 8.29. The summed E-state index contributed by atoms with van der Waals surface area (Å²) in [5, 5.41) is 1.25. The Kier molecular flexibility index (Phi) is 3.94. The number of primary amides is 1. The van der Waals surface area contributed by atoms with Crippen LogP contribution in [0.1, 0.15) is 12.0 Å². The molecule has 2 aromatic rings. The van der Waals surface area contributed by atoms with E-state index in [2.05, 4.69) is 34.3 Å². The summed E-state index contributed by atoms with van der Waals surface area (Å²) in [5.74, 6) is -0.0614. The molecular formula is C16H21N3O2. The minimum absolute atomic E-state index is 0.0858. The van der Waals surface area contributed by atoms with E-state index in [0.717, 1.165) is 25.2 Å². The van der Waals surface area contributed by atoms with E-state index in [1.54, 1.807) is 7.11 Å². The van der Waals surface area contributed by atoms with Crippen molar-refractivity contribution in [2.24, 2.45) is 11.7 Å². The number of nitrogens with two attached hydrogens (primary N) is 1. The summed E-state index contributed by atoms with van der Waals surface area (Å²) in [6.45, 7) is 2.55. The van der Waals surface area contributed by atoms with Gasteiger partial charge in [0.1, 0.15) is 0 Å². The predicted molar refractivity (Wildman–Crippen MR) is 81.7 cm³/mol.